The van der Waals surface area contributed by atoms with E-state index in [2.05, 4.69) is 72.0 Å². The van der Waals surface area contributed by atoms with Gasteiger partial charge in [-0.3, -0.25) is 4.57 Å². The van der Waals surface area contributed by atoms with E-state index in [1.165, 1.54) is 27.9 Å². The van der Waals surface area contributed by atoms with Crippen molar-refractivity contribution < 1.29 is 0 Å². The van der Waals surface area contributed by atoms with E-state index in [-0.39, 0.29) is 0 Å². The molecule has 0 aliphatic rings. The van der Waals surface area contributed by atoms with Crippen LogP contribution in [0.4, 0.5) is 0 Å². The molecular weight excluding hydrogens is 258 g/mol. The summed E-state index contributed by atoms with van der Waals surface area (Å²) in [5.41, 5.74) is 7.29. The molecule has 0 aliphatic heterocycles. The highest BCUT2D eigenvalue weighted by atomic mass is 15.1. The molecule has 0 atom stereocenters. The molecule has 0 saturated carbocycles. The quantitative estimate of drug-likeness (QED) is 0.788. The molecule has 0 radical (unpaired) electrons. The van der Waals surface area contributed by atoms with E-state index < -0.39 is 0 Å². The number of hydrogen-bond donors (Lipinski definition) is 1. The number of aryl methyl sites for hydroxylation is 2. The van der Waals surface area contributed by atoms with Crippen molar-refractivity contribution in [2.45, 2.75) is 27.3 Å². The minimum absolute atomic E-state index is 0.872. The van der Waals surface area contributed by atoms with Crippen molar-refractivity contribution in [2.75, 3.05) is 6.54 Å². The van der Waals surface area contributed by atoms with Crippen LogP contribution in [0.2, 0.25) is 0 Å². The minimum Gasteiger partial charge on any atom is -0.313 e. The second kappa shape index (κ2) is 5.70. The van der Waals surface area contributed by atoms with Gasteiger partial charge in [-0.2, -0.15) is 0 Å². The zero-order chi connectivity index (χ0) is 14.8. The van der Waals surface area contributed by atoms with Crippen molar-refractivity contribution >= 4 is 11.0 Å². The average Bonchev–Trinajstić information content (AvgIpc) is 2.88. The SMILES string of the molecule is CCNCc1ccccc1-n1cnc2cc(C)c(C)cc21. The van der Waals surface area contributed by atoms with Crippen LogP contribution in [0, 0.1) is 13.8 Å². The lowest BCUT2D eigenvalue weighted by atomic mass is 10.1. The summed E-state index contributed by atoms with van der Waals surface area (Å²) in [6, 6.07) is 12.9. The van der Waals surface area contributed by atoms with Gasteiger partial charge >= 0.3 is 0 Å². The van der Waals surface area contributed by atoms with Crippen molar-refractivity contribution in [3.05, 3.63) is 59.4 Å². The van der Waals surface area contributed by atoms with Crippen LogP contribution < -0.4 is 5.32 Å². The Kier molecular flexibility index (Phi) is 3.76. The molecule has 0 spiro atoms. The Hall–Kier alpha value is -2.13. The lowest BCUT2D eigenvalue weighted by molar-refractivity contribution is 0.723. The van der Waals surface area contributed by atoms with Gasteiger partial charge in [0, 0.05) is 6.54 Å². The van der Waals surface area contributed by atoms with Crippen molar-refractivity contribution in [1.29, 1.82) is 0 Å². The highest BCUT2D eigenvalue weighted by molar-refractivity contribution is 5.79. The fourth-order valence-electron chi connectivity index (χ4n) is 2.61. The van der Waals surface area contributed by atoms with Crippen LogP contribution in [0.3, 0.4) is 0 Å². The minimum atomic E-state index is 0.872. The third-order valence-corrected chi connectivity index (χ3v) is 3.98. The average molecular weight is 279 g/mol. The zero-order valence-corrected chi connectivity index (χ0v) is 12.9. The molecule has 3 rings (SSSR count). The van der Waals surface area contributed by atoms with Gasteiger partial charge in [-0.15, -0.1) is 0 Å². The van der Waals surface area contributed by atoms with Gasteiger partial charge in [0.15, 0.2) is 0 Å². The maximum absolute atomic E-state index is 4.56. The van der Waals surface area contributed by atoms with E-state index in [0.717, 1.165) is 18.6 Å². The maximum atomic E-state index is 4.56. The van der Waals surface area contributed by atoms with Crippen LogP contribution in [0.25, 0.3) is 16.7 Å². The molecule has 1 heterocycles. The van der Waals surface area contributed by atoms with E-state index in [0.29, 0.717) is 0 Å². The fraction of sp³-hybridized carbons (Fsp3) is 0.278. The van der Waals surface area contributed by atoms with E-state index in [1.807, 2.05) is 6.33 Å². The number of hydrogen-bond acceptors (Lipinski definition) is 2. The topological polar surface area (TPSA) is 29.9 Å². The van der Waals surface area contributed by atoms with Gasteiger partial charge in [-0.25, -0.2) is 4.98 Å². The zero-order valence-electron chi connectivity index (χ0n) is 12.9. The van der Waals surface area contributed by atoms with Crippen LogP contribution in [-0.2, 0) is 6.54 Å². The van der Waals surface area contributed by atoms with E-state index in [9.17, 15) is 0 Å². The van der Waals surface area contributed by atoms with Crippen molar-refractivity contribution in [1.82, 2.24) is 14.9 Å². The largest absolute Gasteiger partial charge is 0.313 e. The normalized spacial score (nSPS) is 11.2. The number of para-hydroxylation sites is 1. The summed E-state index contributed by atoms with van der Waals surface area (Å²) in [5, 5.41) is 3.40. The first-order chi connectivity index (χ1) is 10.2. The molecule has 0 bridgehead atoms. The Morgan fingerprint density at radius 2 is 1.86 bits per heavy atom. The first kappa shape index (κ1) is 13.8. The summed E-state index contributed by atoms with van der Waals surface area (Å²) in [6.45, 7) is 8.25. The van der Waals surface area contributed by atoms with E-state index in [4.69, 9.17) is 0 Å². The maximum Gasteiger partial charge on any atom is 0.100 e. The monoisotopic (exact) mass is 279 g/mol. The highest BCUT2D eigenvalue weighted by Gasteiger charge is 2.09. The Labute approximate surface area is 125 Å². The number of benzene rings is 2. The Morgan fingerprint density at radius 1 is 1.10 bits per heavy atom. The molecule has 0 fully saturated rings. The fourth-order valence-corrected chi connectivity index (χ4v) is 2.61. The highest BCUT2D eigenvalue weighted by Crippen LogP contribution is 2.23. The third-order valence-electron chi connectivity index (χ3n) is 3.98. The standard InChI is InChI=1S/C18H21N3/c1-4-19-11-15-7-5-6-8-17(15)21-12-20-16-9-13(2)14(3)10-18(16)21/h5-10,12,19H,4,11H2,1-3H3. The molecule has 1 N–H and O–H groups in total. The summed E-state index contributed by atoms with van der Waals surface area (Å²) < 4.78 is 2.19. The predicted molar refractivity (Wildman–Crippen MR) is 87.9 cm³/mol. The second-order valence-corrected chi connectivity index (χ2v) is 5.45. The molecular formula is C18H21N3. The molecule has 0 saturated heterocycles. The van der Waals surface area contributed by atoms with Crippen molar-refractivity contribution in [2.24, 2.45) is 0 Å². The molecule has 3 aromatic rings. The van der Waals surface area contributed by atoms with Gasteiger partial charge in [0.05, 0.1) is 16.7 Å². The smallest absolute Gasteiger partial charge is 0.100 e. The van der Waals surface area contributed by atoms with Crippen molar-refractivity contribution in [3.63, 3.8) is 0 Å². The number of aromatic nitrogens is 2. The number of nitrogens with zero attached hydrogens (tertiary/aromatic N) is 2. The van der Waals surface area contributed by atoms with Crippen LogP contribution >= 0.6 is 0 Å². The Morgan fingerprint density at radius 3 is 2.67 bits per heavy atom. The Bertz CT molecular complexity index is 771. The van der Waals surface area contributed by atoms with Crippen LogP contribution in [0.5, 0.6) is 0 Å². The van der Waals surface area contributed by atoms with Crippen molar-refractivity contribution in [3.8, 4) is 5.69 Å². The number of rotatable bonds is 4. The number of imidazole rings is 1. The lowest BCUT2D eigenvalue weighted by Gasteiger charge is -2.12. The first-order valence-corrected chi connectivity index (χ1v) is 7.44. The van der Waals surface area contributed by atoms with Crippen LogP contribution in [0.15, 0.2) is 42.7 Å². The van der Waals surface area contributed by atoms with Gasteiger partial charge in [0.25, 0.3) is 0 Å². The Balaban J connectivity index is 2.14. The van der Waals surface area contributed by atoms with E-state index in [1.54, 1.807) is 0 Å². The van der Waals surface area contributed by atoms with Gasteiger partial charge in [-0.05, 0) is 55.3 Å². The summed E-state index contributed by atoms with van der Waals surface area (Å²) in [7, 11) is 0. The second-order valence-electron chi connectivity index (χ2n) is 5.45. The van der Waals surface area contributed by atoms with E-state index >= 15 is 0 Å². The number of fused-ring (bicyclic) bond motifs is 1. The summed E-state index contributed by atoms with van der Waals surface area (Å²) in [5.74, 6) is 0. The molecule has 3 heteroatoms. The predicted octanol–water partition coefficient (Wildman–Crippen LogP) is 3.75. The molecule has 0 amide bonds. The molecule has 0 unspecified atom stereocenters. The summed E-state index contributed by atoms with van der Waals surface area (Å²) in [4.78, 5) is 4.56. The number of nitrogens with one attached hydrogen (secondary N) is 1. The molecule has 21 heavy (non-hydrogen) atoms. The molecule has 0 aliphatic carbocycles. The molecule has 108 valence electrons. The first-order valence-electron chi connectivity index (χ1n) is 7.44. The summed E-state index contributed by atoms with van der Waals surface area (Å²) >= 11 is 0. The third kappa shape index (κ3) is 2.57. The molecule has 3 nitrogen and oxygen atoms in total. The van der Waals surface area contributed by atoms with Gasteiger partial charge in [0.2, 0.25) is 0 Å². The summed E-state index contributed by atoms with van der Waals surface area (Å²) in [6.07, 6.45) is 1.92. The van der Waals surface area contributed by atoms with Gasteiger partial charge in [-0.1, -0.05) is 25.1 Å². The van der Waals surface area contributed by atoms with Gasteiger partial charge in [0.1, 0.15) is 6.33 Å². The molecule has 1 aromatic heterocycles. The molecule has 2 aromatic carbocycles. The van der Waals surface area contributed by atoms with Gasteiger partial charge < -0.3 is 5.32 Å². The van der Waals surface area contributed by atoms with Crippen LogP contribution in [0.1, 0.15) is 23.6 Å². The van der Waals surface area contributed by atoms with Crippen LogP contribution in [-0.4, -0.2) is 16.1 Å². The lowest BCUT2D eigenvalue weighted by Crippen LogP contribution is -2.13.